The average Bonchev–Trinajstić information content (AvgIpc) is 3.35. The van der Waals surface area contributed by atoms with Crippen LogP contribution in [0.1, 0.15) is 21.5 Å². The SMILES string of the molecule is Cc1ccc(C(=O)NC(=S)N/N=C/c2ccc(-c3ncn(-c4ccc(OC(F)(F)F)cc4)n3)cc2)cc1. The molecule has 0 unspecified atom stereocenters. The van der Waals surface area contributed by atoms with Crippen molar-refractivity contribution in [1.82, 2.24) is 25.5 Å². The first-order valence-corrected chi connectivity index (χ1v) is 11.2. The lowest BCUT2D eigenvalue weighted by Gasteiger charge is -2.09. The molecule has 0 bridgehead atoms. The van der Waals surface area contributed by atoms with Crippen molar-refractivity contribution in [2.45, 2.75) is 13.3 Å². The number of halogens is 3. The largest absolute Gasteiger partial charge is 0.573 e. The molecule has 0 saturated carbocycles. The molecule has 37 heavy (non-hydrogen) atoms. The van der Waals surface area contributed by atoms with Gasteiger partial charge in [0, 0.05) is 11.1 Å². The van der Waals surface area contributed by atoms with Crippen molar-refractivity contribution in [2.75, 3.05) is 0 Å². The number of aryl methyl sites for hydroxylation is 1. The molecule has 0 atom stereocenters. The minimum atomic E-state index is -4.75. The molecule has 8 nitrogen and oxygen atoms in total. The van der Waals surface area contributed by atoms with Crippen LogP contribution in [0.15, 0.2) is 84.2 Å². The van der Waals surface area contributed by atoms with Crippen LogP contribution in [0.2, 0.25) is 0 Å². The van der Waals surface area contributed by atoms with E-state index in [1.165, 1.54) is 41.5 Å². The van der Waals surface area contributed by atoms with Gasteiger partial charge in [-0.05, 0) is 61.1 Å². The summed E-state index contributed by atoms with van der Waals surface area (Å²) in [5.41, 5.74) is 6.13. The Morgan fingerprint density at radius 2 is 1.70 bits per heavy atom. The normalized spacial score (nSPS) is 11.4. The van der Waals surface area contributed by atoms with Gasteiger partial charge in [0.25, 0.3) is 5.91 Å². The summed E-state index contributed by atoms with van der Waals surface area (Å²) in [5.74, 6) is -0.232. The summed E-state index contributed by atoms with van der Waals surface area (Å²) in [5, 5.41) is 11.0. The van der Waals surface area contributed by atoms with Gasteiger partial charge in [-0.3, -0.25) is 15.5 Å². The highest BCUT2D eigenvalue weighted by molar-refractivity contribution is 7.80. The quantitative estimate of drug-likeness (QED) is 0.214. The third-order valence-corrected chi connectivity index (χ3v) is 5.11. The molecule has 1 heterocycles. The van der Waals surface area contributed by atoms with Crippen molar-refractivity contribution in [2.24, 2.45) is 5.10 Å². The number of hydrogen-bond donors (Lipinski definition) is 2. The second-order valence-electron chi connectivity index (χ2n) is 7.70. The van der Waals surface area contributed by atoms with Crippen molar-refractivity contribution in [3.8, 4) is 22.8 Å². The Kier molecular flexibility index (Phi) is 7.58. The number of thiocarbonyl (C=S) groups is 1. The van der Waals surface area contributed by atoms with Gasteiger partial charge in [0.1, 0.15) is 12.1 Å². The van der Waals surface area contributed by atoms with Crippen LogP contribution in [-0.4, -0.2) is 38.4 Å². The lowest BCUT2D eigenvalue weighted by molar-refractivity contribution is -0.274. The zero-order chi connectivity index (χ0) is 26.4. The van der Waals surface area contributed by atoms with Crippen LogP contribution in [0.3, 0.4) is 0 Å². The monoisotopic (exact) mass is 524 g/mol. The smallest absolute Gasteiger partial charge is 0.406 e. The Labute approximate surface area is 214 Å². The lowest BCUT2D eigenvalue weighted by atomic mass is 10.1. The van der Waals surface area contributed by atoms with Crippen LogP contribution in [0, 0.1) is 6.92 Å². The molecule has 0 aliphatic heterocycles. The molecule has 4 rings (SSSR count). The number of ether oxygens (including phenoxy) is 1. The number of alkyl halides is 3. The van der Waals surface area contributed by atoms with E-state index in [0.717, 1.165) is 16.7 Å². The Morgan fingerprint density at radius 3 is 2.35 bits per heavy atom. The van der Waals surface area contributed by atoms with Crippen molar-refractivity contribution >= 4 is 29.5 Å². The van der Waals surface area contributed by atoms with Gasteiger partial charge in [-0.2, -0.15) is 5.10 Å². The fraction of sp³-hybridized carbons (Fsp3) is 0.0800. The topological polar surface area (TPSA) is 93.4 Å². The van der Waals surface area contributed by atoms with E-state index in [1.54, 1.807) is 36.4 Å². The summed E-state index contributed by atoms with van der Waals surface area (Å²) in [4.78, 5) is 16.4. The molecule has 0 fully saturated rings. The summed E-state index contributed by atoms with van der Waals surface area (Å²) in [6, 6.07) is 19.5. The van der Waals surface area contributed by atoms with E-state index in [-0.39, 0.29) is 16.8 Å². The van der Waals surface area contributed by atoms with E-state index < -0.39 is 6.36 Å². The molecular weight excluding hydrogens is 505 g/mol. The van der Waals surface area contributed by atoms with Crippen LogP contribution in [0.25, 0.3) is 17.1 Å². The Morgan fingerprint density at radius 1 is 1.03 bits per heavy atom. The minimum Gasteiger partial charge on any atom is -0.406 e. The third kappa shape index (κ3) is 7.21. The summed E-state index contributed by atoms with van der Waals surface area (Å²) in [6.45, 7) is 1.93. The first kappa shape index (κ1) is 25.5. The van der Waals surface area contributed by atoms with Crippen molar-refractivity contribution < 1.29 is 22.7 Å². The zero-order valence-corrected chi connectivity index (χ0v) is 20.0. The minimum absolute atomic E-state index is 0.0613. The highest BCUT2D eigenvalue weighted by atomic mass is 32.1. The van der Waals surface area contributed by atoms with Crippen LogP contribution >= 0.6 is 12.2 Å². The number of aromatic nitrogens is 3. The Balaban J connectivity index is 1.32. The fourth-order valence-electron chi connectivity index (χ4n) is 3.11. The van der Waals surface area contributed by atoms with E-state index in [1.807, 2.05) is 19.1 Å². The molecule has 12 heteroatoms. The lowest BCUT2D eigenvalue weighted by Crippen LogP contribution is -2.36. The van der Waals surface area contributed by atoms with Crippen molar-refractivity contribution in [3.63, 3.8) is 0 Å². The molecule has 0 spiro atoms. The molecule has 0 aliphatic carbocycles. The second-order valence-corrected chi connectivity index (χ2v) is 8.10. The first-order chi connectivity index (χ1) is 17.7. The maximum Gasteiger partial charge on any atom is 0.573 e. The highest BCUT2D eigenvalue weighted by Gasteiger charge is 2.31. The van der Waals surface area contributed by atoms with E-state index in [4.69, 9.17) is 12.2 Å². The van der Waals surface area contributed by atoms with Gasteiger partial charge < -0.3 is 4.74 Å². The number of hydrazone groups is 1. The van der Waals surface area contributed by atoms with Crippen LogP contribution in [0.5, 0.6) is 5.75 Å². The molecule has 4 aromatic rings. The van der Waals surface area contributed by atoms with E-state index >= 15 is 0 Å². The van der Waals surface area contributed by atoms with Gasteiger partial charge in [0.15, 0.2) is 10.9 Å². The number of carbonyl (C=O) groups is 1. The maximum absolute atomic E-state index is 12.3. The molecular formula is C25H19F3N6O2S. The summed E-state index contributed by atoms with van der Waals surface area (Å²) in [7, 11) is 0. The van der Waals surface area contributed by atoms with Gasteiger partial charge >= 0.3 is 6.36 Å². The average molecular weight is 525 g/mol. The summed E-state index contributed by atoms with van der Waals surface area (Å²) in [6.07, 6.45) is -1.76. The molecule has 188 valence electrons. The predicted molar refractivity (Wildman–Crippen MR) is 135 cm³/mol. The molecule has 3 aromatic carbocycles. The first-order valence-electron chi connectivity index (χ1n) is 10.8. The Bertz CT molecular complexity index is 1420. The molecule has 0 radical (unpaired) electrons. The van der Waals surface area contributed by atoms with Crippen LogP contribution in [0.4, 0.5) is 13.2 Å². The number of benzene rings is 3. The number of nitrogens with one attached hydrogen (secondary N) is 2. The molecule has 0 aliphatic rings. The van der Waals surface area contributed by atoms with Crippen LogP contribution < -0.4 is 15.5 Å². The number of rotatable bonds is 6. The van der Waals surface area contributed by atoms with E-state index in [2.05, 4.69) is 30.7 Å². The van der Waals surface area contributed by atoms with Gasteiger partial charge in [-0.15, -0.1) is 18.3 Å². The highest BCUT2D eigenvalue weighted by Crippen LogP contribution is 2.24. The van der Waals surface area contributed by atoms with E-state index in [0.29, 0.717) is 17.1 Å². The number of carbonyl (C=O) groups excluding carboxylic acids is 1. The molecule has 1 aromatic heterocycles. The van der Waals surface area contributed by atoms with Gasteiger partial charge in [-0.25, -0.2) is 9.67 Å². The number of nitrogens with zero attached hydrogens (tertiary/aromatic N) is 4. The van der Waals surface area contributed by atoms with E-state index in [9.17, 15) is 18.0 Å². The van der Waals surface area contributed by atoms with Crippen molar-refractivity contribution in [1.29, 1.82) is 0 Å². The van der Waals surface area contributed by atoms with Crippen molar-refractivity contribution in [3.05, 3.63) is 95.8 Å². The summed E-state index contributed by atoms with van der Waals surface area (Å²) < 4.78 is 42.3. The second kappa shape index (κ2) is 11.0. The van der Waals surface area contributed by atoms with Gasteiger partial charge in [-0.1, -0.05) is 42.0 Å². The zero-order valence-electron chi connectivity index (χ0n) is 19.2. The third-order valence-electron chi connectivity index (χ3n) is 4.92. The Hall–Kier alpha value is -4.58. The number of hydrogen-bond acceptors (Lipinski definition) is 6. The fourth-order valence-corrected chi connectivity index (χ4v) is 3.26. The van der Waals surface area contributed by atoms with Gasteiger partial charge in [0.05, 0.1) is 11.9 Å². The molecule has 0 saturated heterocycles. The molecule has 2 N–H and O–H groups in total. The standard InChI is InChI=1S/C25H19F3N6O2S/c1-16-2-6-19(7-3-16)23(35)31-24(37)32-30-14-17-4-8-18(9-5-17)22-29-15-34(33-22)20-10-12-21(13-11-20)36-25(26,27)28/h2-15H,1H3,(H2,31,32,35,37)/b30-14+. The number of amides is 1. The van der Waals surface area contributed by atoms with Crippen LogP contribution in [-0.2, 0) is 0 Å². The summed E-state index contributed by atoms with van der Waals surface area (Å²) >= 11 is 5.10. The predicted octanol–water partition coefficient (Wildman–Crippen LogP) is 4.78. The maximum atomic E-state index is 12.3. The molecule has 1 amide bonds. The van der Waals surface area contributed by atoms with Gasteiger partial charge in [0.2, 0.25) is 0 Å².